The summed E-state index contributed by atoms with van der Waals surface area (Å²) in [4.78, 5) is 17.4. The average Bonchev–Trinajstić information content (AvgIpc) is 3.13. The van der Waals surface area contributed by atoms with E-state index in [1.54, 1.807) is 18.3 Å². The molecule has 0 saturated heterocycles. The fraction of sp³-hybridized carbons (Fsp3) is 0.143. The Morgan fingerprint density at radius 3 is 2.83 bits per heavy atom. The summed E-state index contributed by atoms with van der Waals surface area (Å²) < 4.78 is 44.1. The van der Waals surface area contributed by atoms with Gasteiger partial charge in [0.05, 0.1) is 11.1 Å². The number of hydrogen-bond donors (Lipinski definition) is 1. The molecule has 4 rings (SSSR count). The number of nitrogens with one attached hydrogen (secondary N) is 1. The first-order chi connectivity index (χ1) is 13.9. The highest BCUT2D eigenvalue weighted by Gasteiger charge is 2.30. The maximum absolute atomic E-state index is 12.9. The molecule has 0 fully saturated rings. The largest absolute Gasteiger partial charge is 0.488 e. The molecule has 0 atom stereocenters. The van der Waals surface area contributed by atoms with Crippen LogP contribution in [0.15, 0.2) is 60.3 Å². The fourth-order valence-electron chi connectivity index (χ4n) is 2.93. The van der Waals surface area contributed by atoms with Gasteiger partial charge in [0.1, 0.15) is 12.4 Å². The summed E-state index contributed by atoms with van der Waals surface area (Å²) in [6, 6.07) is 12.6. The molecule has 29 heavy (non-hydrogen) atoms. The van der Waals surface area contributed by atoms with Crippen LogP contribution in [0.2, 0.25) is 0 Å². The summed E-state index contributed by atoms with van der Waals surface area (Å²) in [5, 5.41) is 3.11. The molecule has 3 aromatic rings. The lowest BCUT2D eigenvalue weighted by molar-refractivity contribution is -0.137. The Morgan fingerprint density at radius 1 is 1.17 bits per heavy atom. The van der Waals surface area contributed by atoms with E-state index in [2.05, 4.69) is 10.3 Å². The van der Waals surface area contributed by atoms with Gasteiger partial charge in [0.2, 0.25) is 0 Å². The van der Waals surface area contributed by atoms with E-state index >= 15 is 0 Å². The van der Waals surface area contributed by atoms with Gasteiger partial charge in [0, 0.05) is 23.1 Å². The first-order valence-corrected chi connectivity index (χ1v) is 9.55. The molecule has 1 aromatic heterocycles. The third kappa shape index (κ3) is 4.48. The van der Waals surface area contributed by atoms with Crippen LogP contribution < -0.4 is 10.1 Å². The number of fused-ring (bicyclic) bond motifs is 1. The number of amides is 1. The molecule has 0 aliphatic carbocycles. The zero-order chi connectivity index (χ0) is 20.4. The van der Waals surface area contributed by atoms with Gasteiger partial charge < -0.3 is 4.74 Å². The fourth-order valence-corrected chi connectivity index (χ4v) is 3.77. The van der Waals surface area contributed by atoms with Crippen LogP contribution in [0.25, 0.3) is 6.08 Å². The van der Waals surface area contributed by atoms with Crippen molar-refractivity contribution in [2.45, 2.75) is 12.6 Å². The van der Waals surface area contributed by atoms with Gasteiger partial charge in [-0.3, -0.25) is 10.1 Å². The summed E-state index contributed by atoms with van der Waals surface area (Å²) in [7, 11) is 0. The summed E-state index contributed by atoms with van der Waals surface area (Å²) in [5.74, 6) is 0.404. The Hall–Kier alpha value is -3.13. The van der Waals surface area contributed by atoms with E-state index < -0.39 is 11.7 Å². The van der Waals surface area contributed by atoms with Crippen molar-refractivity contribution in [1.29, 1.82) is 0 Å². The Bertz CT molecular complexity index is 1090. The van der Waals surface area contributed by atoms with E-state index in [0.717, 1.165) is 28.3 Å². The minimum Gasteiger partial charge on any atom is -0.488 e. The third-order valence-electron chi connectivity index (χ3n) is 4.33. The summed E-state index contributed by atoms with van der Waals surface area (Å²) >= 11 is 1.23. The van der Waals surface area contributed by atoms with Crippen LogP contribution in [0.5, 0.6) is 5.75 Å². The Morgan fingerprint density at radius 2 is 2.00 bits per heavy atom. The van der Waals surface area contributed by atoms with E-state index in [-0.39, 0.29) is 12.5 Å². The predicted molar refractivity (Wildman–Crippen MR) is 105 cm³/mol. The lowest BCUT2D eigenvalue weighted by Gasteiger charge is -2.16. The van der Waals surface area contributed by atoms with Gasteiger partial charge in [-0.1, -0.05) is 36.4 Å². The first kappa shape index (κ1) is 19.2. The van der Waals surface area contributed by atoms with Gasteiger partial charge in [-0.2, -0.15) is 13.2 Å². The monoisotopic (exact) mass is 416 g/mol. The number of aromatic nitrogens is 1. The highest BCUT2D eigenvalue weighted by atomic mass is 32.1. The van der Waals surface area contributed by atoms with Crippen molar-refractivity contribution in [2.24, 2.45) is 0 Å². The molecule has 2 heterocycles. The SMILES string of the molecule is O=C(Nc1ncc(Cc2cccc(C(F)(F)F)c2)s1)C1=Cc2ccccc2OC1. The first-order valence-electron chi connectivity index (χ1n) is 8.73. The topological polar surface area (TPSA) is 51.2 Å². The van der Waals surface area contributed by atoms with Crippen molar-refractivity contribution < 1.29 is 22.7 Å². The highest BCUT2D eigenvalue weighted by molar-refractivity contribution is 7.15. The van der Waals surface area contributed by atoms with Crippen LogP contribution in [0.4, 0.5) is 18.3 Å². The zero-order valence-electron chi connectivity index (χ0n) is 15.0. The molecule has 0 unspecified atom stereocenters. The number of benzene rings is 2. The molecule has 1 aliphatic rings. The van der Waals surface area contributed by atoms with Crippen molar-refractivity contribution in [3.05, 3.63) is 81.9 Å². The molecule has 148 valence electrons. The van der Waals surface area contributed by atoms with Gasteiger partial charge in [-0.05, 0) is 23.8 Å². The van der Waals surface area contributed by atoms with Crippen molar-refractivity contribution in [2.75, 3.05) is 11.9 Å². The molecule has 0 radical (unpaired) electrons. The highest BCUT2D eigenvalue weighted by Crippen LogP contribution is 2.31. The Balaban J connectivity index is 1.44. The zero-order valence-corrected chi connectivity index (χ0v) is 15.8. The molecule has 1 N–H and O–H groups in total. The van der Waals surface area contributed by atoms with Crippen molar-refractivity contribution in [3.8, 4) is 5.75 Å². The third-order valence-corrected chi connectivity index (χ3v) is 5.24. The molecule has 0 saturated carbocycles. The van der Waals surface area contributed by atoms with Crippen LogP contribution in [0.1, 0.15) is 21.6 Å². The quantitative estimate of drug-likeness (QED) is 0.639. The summed E-state index contributed by atoms with van der Waals surface area (Å²) in [5.41, 5.74) is 1.14. The van der Waals surface area contributed by atoms with Crippen LogP contribution >= 0.6 is 11.3 Å². The number of hydrogen-bond acceptors (Lipinski definition) is 4. The Labute approximate surface area is 168 Å². The van der Waals surface area contributed by atoms with Crippen LogP contribution in [0, 0.1) is 0 Å². The van der Waals surface area contributed by atoms with Crippen LogP contribution in [-0.2, 0) is 17.4 Å². The maximum atomic E-state index is 12.9. The molecule has 8 heteroatoms. The summed E-state index contributed by atoms with van der Waals surface area (Å²) in [6.07, 6.45) is -0.749. The molecule has 1 aliphatic heterocycles. The minimum atomic E-state index is -4.38. The van der Waals surface area contributed by atoms with Gasteiger partial charge in [0.15, 0.2) is 5.13 Å². The number of anilines is 1. The normalized spacial score (nSPS) is 13.3. The molecule has 0 bridgehead atoms. The predicted octanol–water partition coefficient (Wildman–Crippen LogP) is 5.17. The second-order valence-corrected chi connectivity index (χ2v) is 7.57. The number of para-hydroxylation sites is 1. The lowest BCUT2D eigenvalue weighted by Crippen LogP contribution is -2.21. The number of halogens is 3. The van der Waals surface area contributed by atoms with Gasteiger partial charge in [-0.15, -0.1) is 11.3 Å². The number of carbonyl (C=O) groups is 1. The van der Waals surface area contributed by atoms with E-state index in [4.69, 9.17) is 4.74 Å². The van der Waals surface area contributed by atoms with Gasteiger partial charge in [-0.25, -0.2) is 4.98 Å². The van der Waals surface area contributed by atoms with Crippen molar-refractivity contribution >= 4 is 28.5 Å². The second kappa shape index (κ2) is 7.71. The minimum absolute atomic E-state index is 0.158. The molecule has 2 aromatic carbocycles. The number of alkyl halides is 3. The molecule has 4 nitrogen and oxygen atoms in total. The number of thiazole rings is 1. The number of rotatable bonds is 4. The standard InChI is InChI=1S/C21H15F3N2O2S/c22-21(23,24)16-6-3-4-13(8-16)9-17-11-25-20(29-17)26-19(27)15-10-14-5-1-2-7-18(14)28-12-15/h1-8,10-11H,9,12H2,(H,25,26,27). The van der Waals surface area contributed by atoms with Crippen LogP contribution in [-0.4, -0.2) is 17.5 Å². The smallest absolute Gasteiger partial charge is 0.416 e. The number of nitrogens with zero attached hydrogens (tertiary/aromatic N) is 1. The summed E-state index contributed by atoms with van der Waals surface area (Å²) in [6.45, 7) is 0.158. The van der Waals surface area contributed by atoms with Crippen molar-refractivity contribution in [3.63, 3.8) is 0 Å². The number of carbonyl (C=O) groups excluding carboxylic acids is 1. The maximum Gasteiger partial charge on any atom is 0.416 e. The second-order valence-electron chi connectivity index (χ2n) is 6.46. The lowest BCUT2D eigenvalue weighted by atomic mass is 10.1. The molecular weight excluding hydrogens is 401 g/mol. The van der Waals surface area contributed by atoms with E-state index in [1.807, 2.05) is 24.3 Å². The molecule has 1 amide bonds. The van der Waals surface area contributed by atoms with Crippen LogP contribution in [0.3, 0.4) is 0 Å². The molecular formula is C21H15F3N2O2S. The van der Waals surface area contributed by atoms with E-state index in [0.29, 0.717) is 22.7 Å². The van der Waals surface area contributed by atoms with Gasteiger partial charge >= 0.3 is 6.18 Å². The average molecular weight is 416 g/mol. The molecule has 0 spiro atoms. The van der Waals surface area contributed by atoms with E-state index in [1.165, 1.54) is 17.4 Å². The Kier molecular flexibility index (Phi) is 5.10. The van der Waals surface area contributed by atoms with Gasteiger partial charge in [0.25, 0.3) is 5.91 Å². The number of ether oxygens (including phenoxy) is 1. The van der Waals surface area contributed by atoms with Crippen molar-refractivity contribution in [1.82, 2.24) is 4.98 Å². The van der Waals surface area contributed by atoms with E-state index in [9.17, 15) is 18.0 Å².